The molecule has 26 heavy (non-hydrogen) atoms. The molecule has 0 spiro atoms. The third-order valence-corrected chi connectivity index (χ3v) is 4.52. The monoisotopic (exact) mass is 368 g/mol. The maximum atomic E-state index is 12.8. The van der Waals surface area contributed by atoms with Crippen molar-refractivity contribution in [2.75, 3.05) is 5.32 Å². The molecule has 6 nitrogen and oxygen atoms in total. The van der Waals surface area contributed by atoms with Crippen molar-refractivity contribution in [2.45, 2.75) is 58.0 Å². The number of anilines is 1. The second-order valence-electron chi connectivity index (χ2n) is 6.53. The summed E-state index contributed by atoms with van der Waals surface area (Å²) in [6, 6.07) is 1.19. The van der Waals surface area contributed by atoms with Gasteiger partial charge in [-0.1, -0.05) is 24.4 Å². The highest BCUT2D eigenvalue weighted by Crippen LogP contribution is 2.35. The molecule has 1 aliphatic carbocycles. The number of nitrogens with one attached hydrogen (secondary N) is 1. The SMILES string of the molecule is Cc1cc(C(=O)Nc2onc(C3CCCCC3)c2C)nc(C(F)(F)F)n1. The molecule has 140 valence electrons. The number of carbonyl (C=O) groups is 1. The predicted octanol–water partition coefficient (Wildman–Crippen LogP) is 4.40. The zero-order valence-electron chi connectivity index (χ0n) is 14.5. The van der Waals surface area contributed by atoms with Crippen LogP contribution < -0.4 is 5.32 Å². The van der Waals surface area contributed by atoms with Gasteiger partial charge in [0.1, 0.15) is 5.69 Å². The van der Waals surface area contributed by atoms with E-state index >= 15 is 0 Å². The molecule has 1 saturated carbocycles. The number of halogens is 3. The van der Waals surface area contributed by atoms with Crippen LogP contribution >= 0.6 is 0 Å². The Labute approximate surface area is 148 Å². The summed E-state index contributed by atoms with van der Waals surface area (Å²) in [6.45, 7) is 3.15. The molecule has 1 fully saturated rings. The minimum atomic E-state index is -4.72. The lowest BCUT2D eigenvalue weighted by Crippen LogP contribution is -2.19. The number of amides is 1. The van der Waals surface area contributed by atoms with Crippen LogP contribution in [0.25, 0.3) is 0 Å². The molecular weight excluding hydrogens is 349 g/mol. The van der Waals surface area contributed by atoms with Crippen molar-refractivity contribution in [1.82, 2.24) is 15.1 Å². The van der Waals surface area contributed by atoms with Gasteiger partial charge >= 0.3 is 6.18 Å². The maximum Gasteiger partial charge on any atom is 0.451 e. The summed E-state index contributed by atoms with van der Waals surface area (Å²) in [5.74, 6) is -1.72. The van der Waals surface area contributed by atoms with Gasteiger partial charge in [0, 0.05) is 17.2 Å². The Hall–Kier alpha value is -2.45. The average Bonchev–Trinajstić information content (AvgIpc) is 2.95. The zero-order chi connectivity index (χ0) is 18.9. The average molecular weight is 368 g/mol. The Balaban J connectivity index is 1.80. The second-order valence-corrected chi connectivity index (χ2v) is 6.53. The molecule has 2 aromatic rings. The van der Waals surface area contributed by atoms with Gasteiger partial charge in [0.15, 0.2) is 0 Å². The highest BCUT2D eigenvalue weighted by atomic mass is 19.4. The third-order valence-electron chi connectivity index (χ3n) is 4.52. The van der Waals surface area contributed by atoms with E-state index in [0.717, 1.165) is 31.4 Å². The first-order chi connectivity index (χ1) is 12.3. The quantitative estimate of drug-likeness (QED) is 0.868. The van der Waals surface area contributed by atoms with Gasteiger partial charge in [-0.3, -0.25) is 10.1 Å². The van der Waals surface area contributed by atoms with Gasteiger partial charge < -0.3 is 4.52 Å². The molecule has 9 heteroatoms. The molecule has 0 atom stereocenters. The number of alkyl halides is 3. The first-order valence-electron chi connectivity index (χ1n) is 8.46. The molecule has 0 aromatic carbocycles. The molecule has 3 rings (SSSR count). The standard InChI is InChI=1S/C17H19F3N4O2/c1-9-8-12(22-16(21-9)17(18,19)20)14(25)23-15-10(2)13(24-26-15)11-6-4-3-5-7-11/h8,11H,3-7H2,1-2H3,(H,23,25). The van der Waals surface area contributed by atoms with Gasteiger partial charge in [-0.2, -0.15) is 13.2 Å². The lowest BCUT2D eigenvalue weighted by atomic mass is 9.86. The van der Waals surface area contributed by atoms with Crippen LogP contribution in [-0.4, -0.2) is 21.0 Å². The minimum absolute atomic E-state index is 0.0506. The highest BCUT2D eigenvalue weighted by molar-refractivity contribution is 6.02. The molecule has 0 bridgehead atoms. The van der Waals surface area contributed by atoms with Crippen LogP contribution in [0.5, 0.6) is 0 Å². The smallest absolute Gasteiger partial charge is 0.338 e. The van der Waals surface area contributed by atoms with E-state index < -0.39 is 17.9 Å². The Morgan fingerprint density at radius 3 is 2.54 bits per heavy atom. The van der Waals surface area contributed by atoms with E-state index in [4.69, 9.17) is 4.52 Å². The van der Waals surface area contributed by atoms with Crippen molar-refractivity contribution in [1.29, 1.82) is 0 Å². The van der Waals surface area contributed by atoms with Crippen LogP contribution in [0.15, 0.2) is 10.6 Å². The van der Waals surface area contributed by atoms with E-state index in [2.05, 4.69) is 20.4 Å². The molecule has 0 unspecified atom stereocenters. The van der Waals surface area contributed by atoms with E-state index in [0.29, 0.717) is 5.56 Å². The van der Waals surface area contributed by atoms with Crippen LogP contribution in [-0.2, 0) is 6.18 Å². The van der Waals surface area contributed by atoms with Crippen LogP contribution in [0.4, 0.5) is 19.1 Å². The largest absolute Gasteiger partial charge is 0.451 e. The summed E-state index contributed by atoms with van der Waals surface area (Å²) in [4.78, 5) is 19.0. The number of aryl methyl sites for hydroxylation is 1. The second kappa shape index (κ2) is 7.05. The van der Waals surface area contributed by atoms with E-state index in [1.165, 1.54) is 19.4 Å². The number of hydrogen-bond donors (Lipinski definition) is 1. The van der Waals surface area contributed by atoms with E-state index in [1.807, 2.05) is 0 Å². The molecule has 2 aromatic heterocycles. The number of aromatic nitrogens is 3. The first-order valence-corrected chi connectivity index (χ1v) is 8.46. The summed E-state index contributed by atoms with van der Waals surface area (Å²) in [7, 11) is 0. The number of hydrogen-bond acceptors (Lipinski definition) is 5. The van der Waals surface area contributed by atoms with E-state index in [-0.39, 0.29) is 23.2 Å². The number of rotatable bonds is 3. The first kappa shape index (κ1) is 18.3. The van der Waals surface area contributed by atoms with Crippen LogP contribution in [0.3, 0.4) is 0 Å². The highest BCUT2D eigenvalue weighted by Gasteiger charge is 2.35. The van der Waals surface area contributed by atoms with Crippen molar-refractivity contribution < 1.29 is 22.5 Å². The van der Waals surface area contributed by atoms with Crippen molar-refractivity contribution in [3.8, 4) is 0 Å². The van der Waals surface area contributed by atoms with Crippen molar-refractivity contribution in [3.63, 3.8) is 0 Å². The van der Waals surface area contributed by atoms with Crippen LogP contribution in [0, 0.1) is 13.8 Å². The fraction of sp³-hybridized carbons (Fsp3) is 0.529. The maximum absolute atomic E-state index is 12.8. The lowest BCUT2D eigenvalue weighted by Gasteiger charge is -2.19. The molecule has 1 aliphatic rings. The van der Waals surface area contributed by atoms with Gasteiger partial charge in [-0.25, -0.2) is 9.97 Å². The van der Waals surface area contributed by atoms with Crippen molar-refractivity contribution in [2.24, 2.45) is 0 Å². The Morgan fingerprint density at radius 1 is 1.19 bits per heavy atom. The summed E-state index contributed by atoms with van der Waals surface area (Å²) in [6.07, 6.45) is 0.753. The van der Waals surface area contributed by atoms with Gasteiger partial charge in [0.2, 0.25) is 11.7 Å². The Morgan fingerprint density at radius 2 is 1.88 bits per heavy atom. The van der Waals surface area contributed by atoms with E-state index in [9.17, 15) is 18.0 Å². The normalized spacial score (nSPS) is 15.9. The summed E-state index contributed by atoms with van der Waals surface area (Å²) in [5.41, 5.74) is 1.18. The molecule has 0 saturated heterocycles. The number of carbonyl (C=O) groups excluding carboxylic acids is 1. The minimum Gasteiger partial charge on any atom is -0.338 e. The van der Waals surface area contributed by atoms with Crippen molar-refractivity contribution in [3.05, 3.63) is 34.5 Å². The van der Waals surface area contributed by atoms with Crippen LogP contribution in [0.1, 0.15) is 71.3 Å². The topological polar surface area (TPSA) is 80.9 Å². The Kier molecular flexibility index (Phi) is 4.97. The van der Waals surface area contributed by atoms with Gasteiger partial charge in [-0.05, 0) is 32.8 Å². The molecule has 2 heterocycles. The van der Waals surface area contributed by atoms with Crippen LogP contribution in [0.2, 0.25) is 0 Å². The predicted molar refractivity (Wildman–Crippen MR) is 86.8 cm³/mol. The van der Waals surface area contributed by atoms with E-state index in [1.54, 1.807) is 6.92 Å². The fourth-order valence-corrected chi connectivity index (χ4v) is 3.20. The summed E-state index contributed by atoms with van der Waals surface area (Å²) >= 11 is 0. The molecular formula is C17H19F3N4O2. The number of nitrogens with zero attached hydrogens (tertiary/aromatic N) is 3. The van der Waals surface area contributed by atoms with Crippen molar-refractivity contribution >= 4 is 11.8 Å². The molecule has 1 amide bonds. The fourth-order valence-electron chi connectivity index (χ4n) is 3.20. The summed E-state index contributed by atoms with van der Waals surface area (Å²) < 4.78 is 43.7. The molecule has 1 N–H and O–H groups in total. The third kappa shape index (κ3) is 3.86. The zero-order valence-corrected chi connectivity index (χ0v) is 14.5. The van der Waals surface area contributed by atoms with Gasteiger partial charge in [0.25, 0.3) is 5.91 Å². The molecule has 0 aliphatic heterocycles. The summed E-state index contributed by atoms with van der Waals surface area (Å²) in [5, 5.41) is 6.52. The van der Waals surface area contributed by atoms with Gasteiger partial charge in [0.05, 0.1) is 5.69 Å². The lowest BCUT2D eigenvalue weighted by molar-refractivity contribution is -0.145. The van der Waals surface area contributed by atoms with Gasteiger partial charge in [-0.15, -0.1) is 0 Å². The molecule has 0 radical (unpaired) electrons. The Bertz CT molecular complexity index is 811.